The summed E-state index contributed by atoms with van der Waals surface area (Å²) < 4.78 is 12.4. The molecule has 3 aromatic rings. The molecule has 7 heteroatoms. The molecule has 30 heavy (non-hydrogen) atoms. The number of fused-ring (bicyclic) bond motifs is 1. The van der Waals surface area contributed by atoms with Gasteiger partial charge >= 0.3 is 0 Å². The summed E-state index contributed by atoms with van der Waals surface area (Å²) in [5, 5.41) is 22.1. The number of anilines is 1. The van der Waals surface area contributed by atoms with Crippen molar-refractivity contribution in [1.82, 2.24) is 4.57 Å². The van der Waals surface area contributed by atoms with Crippen molar-refractivity contribution in [2.24, 2.45) is 0 Å². The Hall–Kier alpha value is -4.23. The smallest absolute Gasteiger partial charge is 0.266 e. The van der Waals surface area contributed by atoms with Crippen LogP contribution in [0.3, 0.4) is 0 Å². The van der Waals surface area contributed by atoms with Gasteiger partial charge in [-0.3, -0.25) is 4.79 Å². The Morgan fingerprint density at radius 2 is 1.90 bits per heavy atom. The van der Waals surface area contributed by atoms with Crippen LogP contribution in [0.15, 0.2) is 54.2 Å². The van der Waals surface area contributed by atoms with Crippen molar-refractivity contribution in [3.8, 4) is 23.6 Å². The number of benzene rings is 2. The summed E-state index contributed by atoms with van der Waals surface area (Å²) in [5.74, 6) is 0.480. The molecule has 0 aliphatic rings. The first kappa shape index (κ1) is 20.5. The molecule has 150 valence electrons. The third kappa shape index (κ3) is 4.26. The van der Waals surface area contributed by atoms with E-state index in [9.17, 15) is 10.1 Å². The monoisotopic (exact) mass is 400 g/mol. The number of aryl methyl sites for hydroxylation is 1. The third-order valence-corrected chi connectivity index (χ3v) is 4.59. The molecule has 0 saturated carbocycles. The number of aromatic nitrogens is 1. The summed E-state index contributed by atoms with van der Waals surface area (Å²) in [6, 6.07) is 16.7. The van der Waals surface area contributed by atoms with Crippen LogP contribution in [-0.4, -0.2) is 24.7 Å². The van der Waals surface area contributed by atoms with Crippen molar-refractivity contribution in [2.75, 3.05) is 19.5 Å². The Balaban J connectivity index is 1.92. The molecular weight excluding hydrogens is 380 g/mol. The van der Waals surface area contributed by atoms with Crippen molar-refractivity contribution in [1.29, 1.82) is 10.5 Å². The van der Waals surface area contributed by atoms with Crippen molar-refractivity contribution in [3.63, 3.8) is 0 Å². The second kappa shape index (κ2) is 9.31. The first-order valence-corrected chi connectivity index (χ1v) is 9.21. The van der Waals surface area contributed by atoms with E-state index in [1.165, 1.54) is 14.2 Å². The maximum Gasteiger partial charge on any atom is 0.266 e. The van der Waals surface area contributed by atoms with E-state index in [0.29, 0.717) is 30.2 Å². The highest BCUT2D eigenvalue weighted by Gasteiger charge is 2.14. The Kier molecular flexibility index (Phi) is 6.36. The van der Waals surface area contributed by atoms with Gasteiger partial charge in [-0.2, -0.15) is 10.5 Å². The normalized spacial score (nSPS) is 10.9. The van der Waals surface area contributed by atoms with E-state index in [4.69, 9.17) is 14.7 Å². The first-order valence-electron chi connectivity index (χ1n) is 9.21. The zero-order valence-electron chi connectivity index (χ0n) is 16.7. The molecule has 0 atom stereocenters. The lowest BCUT2D eigenvalue weighted by Crippen LogP contribution is -2.13. The van der Waals surface area contributed by atoms with Crippen LogP contribution in [0.2, 0.25) is 0 Å². The standard InChI is InChI=1S/C23H20N4O3/c1-29-21-9-8-18(13-22(21)30-2)26-23(28)16(14-25)12-17-15-27(11-5-10-24)20-7-4-3-6-19(17)20/h3-4,6-9,12-13,15H,5,11H2,1-2H3,(H,26,28)/b16-12+. The van der Waals surface area contributed by atoms with Crippen LogP contribution in [0, 0.1) is 22.7 Å². The average Bonchev–Trinajstić information content (AvgIpc) is 3.13. The molecule has 0 fully saturated rings. The number of amides is 1. The molecule has 2 aromatic carbocycles. The van der Waals surface area contributed by atoms with E-state index in [0.717, 1.165) is 16.5 Å². The number of carbonyl (C=O) groups excluding carboxylic acids is 1. The highest BCUT2D eigenvalue weighted by atomic mass is 16.5. The van der Waals surface area contributed by atoms with Crippen LogP contribution in [0.1, 0.15) is 12.0 Å². The second-order valence-corrected chi connectivity index (χ2v) is 6.40. The minimum Gasteiger partial charge on any atom is -0.493 e. The van der Waals surface area contributed by atoms with Crippen LogP contribution >= 0.6 is 0 Å². The molecule has 3 rings (SSSR count). The molecule has 0 spiro atoms. The van der Waals surface area contributed by atoms with Gasteiger partial charge < -0.3 is 19.4 Å². The van der Waals surface area contributed by atoms with Crippen LogP contribution in [0.25, 0.3) is 17.0 Å². The number of carbonyl (C=O) groups is 1. The van der Waals surface area contributed by atoms with E-state index >= 15 is 0 Å². The molecule has 0 saturated heterocycles. The quantitative estimate of drug-likeness (QED) is 0.475. The minimum atomic E-state index is -0.529. The van der Waals surface area contributed by atoms with Gasteiger partial charge in [0.2, 0.25) is 0 Å². The van der Waals surface area contributed by atoms with E-state index in [1.807, 2.05) is 41.1 Å². The van der Waals surface area contributed by atoms with E-state index in [1.54, 1.807) is 24.3 Å². The molecule has 0 aliphatic carbocycles. The zero-order chi connectivity index (χ0) is 21.5. The summed E-state index contributed by atoms with van der Waals surface area (Å²) in [7, 11) is 3.03. The SMILES string of the molecule is COc1ccc(NC(=O)/C(C#N)=C/c2cn(CCC#N)c3ccccc23)cc1OC. The highest BCUT2D eigenvalue weighted by molar-refractivity contribution is 6.10. The van der Waals surface area contributed by atoms with Crippen molar-refractivity contribution < 1.29 is 14.3 Å². The maximum atomic E-state index is 12.7. The second-order valence-electron chi connectivity index (χ2n) is 6.40. The van der Waals surface area contributed by atoms with Crippen LogP contribution in [0.4, 0.5) is 5.69 Å². The van der Waals surface area contributed by atoms with Crippen LogP contribution < -0.4 is 14.8 Å². The molecule has 1 heterocycles. The molecular formula is C23H20N4O3. The number of ether oxygens (including phenoxy) is 2. The predicted octanol–water partition coefficient (Wildman–Crippen LogP) is 4.12. The molecule has 0 unspecified atom stereocenters. The molecule has 7 nitrogen and oxygen atoms in total. The predicted molar refractivity (Wildman–Crippen MR) is 114 cm³/mol. The number of hydrogen-bond acceptors (Lipinski definition) is 5. The third-order valence-electron chi connectivity index (χ3n) is 4.59. The van der Waals surface area contributed by atoms with Gasteiger partial charge in [0.1, 0.15) is 11.6 Å². The van der Waals surface area contributed by atoms with Gasteiger partial charge in [0.15, 0.2) is 11.5 Å². The number of para-hydroxylation sites is 1. The highest BCUT2D eigenvalue weighted by Crippen LogP contribution is 2.30. The molecule has 0 bridgehead atoms. The van der Waals surface area contributed by atoms with Crippen LogP contribution in [0.5, 0.6) is 11.5 Å². The van der Waals surface area contributed by atoms with Gasteiger partial charge in [0, 0.05) is 41.0 Å². The Bertz CT molecular complexity index is 1200. The number of methoxy groups -OCH3 is 2. The van der Waals surface area contributed by atoms with Gasteiger partial charge in [-0.25, -0.2) is 0 Å². The van der Waals surface area contributed by atoms with Gasteiger partial charge in [0.25, 0.3) is 5.91 Å². The summed E-state index contributed by atoms with van der Waals surface area (Å²) in [4.78, 5) is 12.7. The van der Waals surface area contributed by atoms with Crippen molar-refractivity contribution in [2.45, 2.75) is 13.0 Å². The molecule has 0 aliphatic heterocycles. The zero-order valence-corrected chi connectivity index (χ0v) is 16.7. The number of rotatable bonds is 7. The van der Waals surface area contributed by atoms with Gasteiger partial charge in [-0.05, 0) is 24.3 Å². The van der Waals surface area contributed by atoms with Crippen LogP contribution in [-0.2, 0) is 11.3 Å². The number of nitriles is 2. The summed E-state index contributed by atoms with van der Waals surface area (Å²) in [5.41, 5.74) is 2.13. The van der Waals surface area contributed by atoms with E-state index in [2.05, 4.69) is 11.4 Å². The van der Waals surface area contributed by atoms with Gasteiger partial charge in [-0.15, -0.1) is 0 Å². The largest absolute Gasteiger partial charge is 0.493 e. The summed E-state index contributed by atoms with van der Waals surface area (Å²) >= 11 is 0. The Labute approximate surface area is 174 Å². The number of nitrogens with one attached hydrogen (secondary N) is 1. The molecule has 0 radical (unpaired) electrons. The number of hydrogen-bond donors (Lipinski definition) is 1. The fraction of sp³-hybridized carbons (Fsp3) is 0.174. The fourth-order valence-corrected chi connectivity index (χ4v) is 3.16. The summed E-state index contributed by atoms with van der Waals surface area (Å²) in [6.45, 7) is 0.532. The average molecular weight is 400 g/mol. The maximum absolute atomic E-state index is 12.7. The van der Waals surface area contributed by atoms with E-state index < -0.39 is 5.91 Å². The molecule has 1 aromatic heterocycles. The molecule has 1 N–H and O–H groups in total. The topological polar surface area (TPSA) is 100 Å². The Morgan fingerprint density at radius 1 is 1.13 bits per heavy atom. The first-order chi connectivity index (χ1) is 14.6. The minimum absolute atomic E-state index is 0.0343. The number of nitrogens with zero attached hydrogens (tertiary/aromatic N) is 3. The van der Waals surface area contributed by atoms with Gasteiger partial charge in [0.05, 0.1) is 26.7 Å². The summed E-state index contributed by atoms with van der Waals surface area (Å²) in [6.07, 6.45) is 3.77. The Morgan fingerprint density at radius 3 is 2.60 bits per heavy atom. The molecule has 1 amide bonds. The van der Waals surface area contributed by atoms with Crippen molar-refractivity contribution >= 4 is 28.6 Å². The van der Waals surface area contributed by atoms with Gasteiger partial charge in [-0.1, -0.05) is 18.2 Å². The lowest BCUT2D eigenvalue weighted by atomic mass is 10.1. The van der Waals surface area contributed by atoms with Crippen molar-refractivity contribution in [3.05, 3.63) is 59.8 Å². The lowest BCUT2D eigenvalue weighted by molar-refractivity contribution is -0.112. The lowest BCUT2D eigenvalue weighted by Gasteiger charge is -2.10. The fourth-order valence-electron chi connectivity index (χ4n) is 3.16. The van der Waals surface area contributed by atoms with E-state index in [-0.39, 0.29) is 5.57 Å².